The van der Waals surface area contributed by atoms with E-state index in [9.17, 15) is 9.90 Å². The quantitative estimate of drug-likeness (QED) is 0.767. The smallest absolute Gasteiger partial charge is 0.264 e. The summed E-state index contributed by atoms with van der Waals surface area (Å²) in [5.41, 5.74) is 1.61. The van der Waals surface area contributed by atoms with Crippen LogP contribution in [0.5, 0.6) is 0 Å². The van der Waals surface area contributed by atoms with Gasteiger partial charge in [-0.3, -0.25) is 9.78 Å². The standard InChI is InChI=1S/C21H17ClN2O2/c22-17-7-5-16(6-8-17)14-24-19-4-2-1-3-18(19)21(26,20(24)25)13-15-9-11-23-12-10-15/h1-12,26H,13-14H2/t21-/m0/s1. The third-order valence-electron chi connectivity index (χ3n) is 4.70. The average molecular weight is 365 g/mol. The van der Waals surface area contributed by atoms with Gasteiger partial charge in [-0.25, -0.2) is 0 Å². The lowest BCUT2D eigenvalue weighted by molar-refractivity contribution is -0.136. The Bertz CT molecular complexity index is 944. The molecule has 4 rings (SSSR count). The highest BCUT2D eigenvalue weighted by molar-refractivity contribution is 6.30. The van der Waals surface area contributed by atoms with Crippen molar-refractivity contribution in [3.8, 4) is 0 Å². The first kappa shape index (κ1) is 16.8. The number of nitrogens with zero attached hydrogens (tertiary/aromatic N) is 2. The molecule has 130 valence electrons. The molecule has 0 bridgehead atoms. The molecule has 0 saturated heterocycles. The lowest BCUT2D eigenvalue weighted by Gasteiger charge is -2.23. The summed E-state index contributed by atoms with van der Waals surface area (Å²) in [6, 6.07) is 18.4. The van der Waals surface area contributed by atoms with Crippen molar-refractivity contribution in [1.82, 2.24) is 4.98 Å². The molecule has 1 atom stereocenters. The molecule has 26 heavy (non-hydrogen) atoms. The Morgan fingerprint density at radius 3 is 2.38 bits per heavy atom. The van der Waals surface area contributed by atoms with E-state index >= 15 is 0 Å². The predicted molar refractivity (Wildman–Crippen MR) is 101 cm³/mol. The van der Waals surface area contributed by atoms with Crippen LogP contribution < -0.4 is 4.90 Å². The van der Waals surface area contributed by atoms with Crippen molar-refractivity contribution in [2.75, 3.05) is 4.90 Å². The highest BCUT2D eigenvalue weighted by atomic mass is 35.5. The fourth-order valence-corrected chi connectivity index (χ4v) is 3.53. The molecule has 1 aromatic heterocycles. The Morgan fingerprint density at radius 2 is 1.65 bits per heavy atom. The summed E-state index contributed by atoms with van der Waals surface area (Å²) in [5, 5.41) is 12.0. The fraction of sp³-hybridized carbons (Fsp3) is 0.143. The predicted octanol–water partition coefficient (Wildman–Crippen LogP) is 3.71. The summed E-state index contributed by atoms with van der Waals surface area (Å²) in [5.74, 6) is -0.314. The zero-order chi connectivity index (χ0) is 18.1. The van der Waals surface area contributed by atoms with E-state index < -0.39 is 5.60 Å². The average Bonchev–Trinajstić information content (AvgIpc) is 2.87. The first-order chi connectivity index (χ1) is 12.6. The Labute approximate surface area is 156 Å². The second-order valence-corrected chi connectivity index (χ2v) is 6.86. The summed E-state index contributed by atoms with van der Waals surface area (Å²) >= 11 is 5.95. The van der Waals surface area contributed by atoms with Gasteiger partial charge in [0.05, 0.1) is 12.2 Å². The van der Waals surface area contributed by atoms with Crippen molar-refractivity contribution in [3.63, 3.8) is 0 Å². The lowest BCUT2D eigenvalue weighted by atomic mass is 9.89. The molecule has 0 saturated carbocycles. The molecule has 1 aliphatic rings. The van der Waals surface area contributed by atoms with E-state index in [0.717, 1.165) is 16.8 Å². The van der Waals surface area contributed by atoms with Crippen LogP contribution in [-0.2, 0) is 23.4 Å². The highest BCUT2D eigenvalue weighted by Gasteiger charge is 2.49. The number of carbonyl (C=O) groups excluding carboxylic acids is 1. The maximum atomic E-state index is 13.2. The van der Waals surface area contributed by atoms with Crippen molar-refractivity contribution in [1.29, 1.82) is 0 Å². The van der Waals surface area contributed by atoms with Crippen molar-refractivity contribution in [2.45, 2.75) is 18.6 Å². The van der Waals surface area contributed by atoms with Gasteiger partial charge in [0.1, 0.15) is 0 Å². The van der Waals surface area contributed by atoms with E-state index in [4.69, 9.17) is 11.6 Å². The van der Waals surface area contributed by atoms with Crippen LogP contribution in [0.1, 0.15) is 16.7 Å². The molecule has 0 aliphatic carbocycles. The third kappa shape index (κ3) is 2.87. The number of hydrogen-bond acceptors (Lipinski definition) is 3. The Balaban J connectivity index is 1.71. The van der Waals surface area contributed by atoms with Crippen molar-refractivity contribution >= 4 is 23.2 Å². The molecule has 4 nitrogen and oxygen atoms in total. The molecule has 1 aliphatic heterocycles. The van der Waals surface area contributed by atoms with Crippen LogP contribution in [0.15, 0.2) is 73.1 Å². The van der Waals surface area contributed by atoms with Gasteiger partial charge in [0.2, 0.25) is 0 Å². The van der Waals surface area contributed by atoms with Crippen LogP contribution in [0.25, 0.3) is 0 Å². The number of benzene rings is 2. The monoisotopic (exact) mass is 364 g/mol. The van der Waals surface area contributed by atoms with Gasteiger partial charge >= 0.3 is 0 Å². The molecule has 1 N–H and O–H groups in total. The zero-order valence-electron chi connectivity index (χ0n) is 14.0. The fourth-order valence-electron chi connectivity index (χ4n) is 3.40. The number of aliphatic hydroxyl groups is 1. The van der Waals surface area contributed by atoms with Gasteiger partial charge < -0.3 is 10.0 Å². The lowest BCUT2D eigenvalue weighted by Crippen LogP contribution is -2.41. The van der Waals surface area contributed by atoms with E-state index in [-0.39, 0.29) is 12.3 Å². The Kier molecular flexibility index (Phi) is 4.23. The molecular formula is C21H17ClN2O2. The number of halogens is 1. The van der Waals surface area contributed by atoms with E-state index in [2.05, 4.69) is 4.98 Å². The first-order valence-electron chi connectivity index (χ1n) is 8.35. The van der Waals surface area contributed by atoms with Crippen molar-refractivity contribution < 1.29 is 9.90 Å². The summed E-state index contributed by atoms with van der Waals surface area (Å²) < 4.78 is 0. The molecule has 0 fully saturated rings. The summed E-state index contributed by atoms with van der Waals surface area (Å²) in [6.45, 7) is 0.381. The van der Waals surface area contributed by atoms with Crippen LogP contribution in [0.2, 0.25) is 5.02 Å². The number of para-hydroxylation sites is 1. The number of amides is 1. The van der Waals surface area contributed by atoms with Gasteiger partial charge in [0.25, 0.3) is 5.91 Å². The Hall–Kier alpha value is -2.69. The van der Waals surface area contributed by atoms with Gasteiger partial charge in [-0.1, -0.05) is 41.9 Å². The number of carbonyl (C=O) groups is 1. The van der Waals surface area contributed by atoms with Crippen molar-refractivity contribution in [2.24, 2.45) is 0 Å². The molecule has 0 spiro atoms. The second-order valence-electron chi connectivity index (χ2n) is 6.43. The molecule has 3 aromatic rings. The van der Waals surface area contributed by atoms with Gasteiger partial charge in [-0.2, -0.15) is 0 Å². The minimum absolute atomic E-state index is 0.211. The number of pyridine rings is 1. The molecule has 2 heterocycles. The second kappa shape index (κ2) is 6.56. The summed E-state index contributed by atoms with van der Waals surface area (Å²) in [6.07, 6.45) is 3.54. The summed E-state index contributed by atoms with van der Waals surface area (Å²) in [7, 11) is 0. The van der Waals surface area contributed by atoms with Crippen LogP contribution in [0.4, 0.5) is 5.69 Å². The molecule has 0 unspecified atom stereocenters. The largest absolute Gasteiger partial charge is 0.375 e. The minimum atomic E-state index is -1.58. The van der Waals surface area contributed by atoms with Gasteiger partial charge in [-0.05, 0) is 41.5 Å². The molecule has 5 heteroatoms. The molecular weight excluding hydrogens is 348 g/mol. The topological polar surface area (TPSA) is 53.4 Å². The minimum Gasteiger partial charge on any atom is -0.375 e. The van der Waals surface area contributed by atoms with Gasteiger partial charge in [-0.15, -0.1) is 0 Å². The third-order valence-corrected chi connectivity index (χ3v) is 4.95. The maximum Gasteiger partial charge on any atom is 0.264 e. The number of rotatable bonds is 4. The van der Waals surface area contributed by atoms with Crippen molar-refractivity contribution in [3.05, 3.63) is 94.8 Å². The number of anilines is 1. The number of fused-ring (bicyclic) bond motifs is 1. The normalized spacial score (nSPS) is 18.8. The highest BCUT2D eigenvalue weighted by Crippen LogP contribution is 2.42. The van der Waals surface area contributed by atoms with Crippen LogP contribution in [-0.4, -0.2) is 16.0 Å². The molecule has 0 radical (unpaired) electrons. The van der Waals surface area contributed by atoms with E-state index in [0.29, 0.717) is 17.1 Å². The van der Waals surface area contributed by atoms with E-state index in [1.807, 2.05) is 48.5 Å². The van der Waals surface area contributed by atoms with Gasteiger partial charge in [0.15, 0.2) is 5.60 Å². The molecule has 2 aromatic carbocycles. The van der Waals surface area contributed by atoms with E-state index in [1.165, 1.54) is 0 Å². The SMILES string of the molecule is O=C1N(Cc2ccc(Cl)cc2)c2ccccc2[C@@]1(O)Cc1ccncc1. The first-order valence-corrected chi connectivity index (χ1v) is 8.73. The van der Waals surface area contributed by atoms with Crippen LogP contribution in [0, 0.1) is 0 Å². The van der Waals surface area contributed by atoms with Crippen LogP contribution >= 0.6 is 11.6 Å². The van der Waals surface area contributed by atoms with Gasteiger partial charge in [0, 0.05) is 29.4 Å². The number of aromatic nitrogens is 1. The molecule has 1 amide bonds. The zero-order valence-corrected chi connectivity index (χ0v) is 14.7. The number of hydrogen-bond donors (Lipinski definition) is 1. The van der Waals surface area contributed by atoms with E-state index in [1.54, 1.807) is 29.4 Å². The van der Waals surface area contributed by atoms with Crippen LogP contribution in [0.3, 0.4) is 0 Å². The Morgan fingerprint density at radius 1 is 0.962 bits per heavy atom. The summed E-state index contributed by atoms with van der Waals surface area (Å²) in [4.78, 5) is 18.8. The maximum absolute atomic E-state index is 13.2.